The largest absolute Gasteiger partial charge is 0.494 e. The monoisotopic (exact) mass is 283 g/mol. The highest BCUT2D eigenvalue weighted by atomic mass is 16.5. The first-order valence-corrected chi connectivity index (χ1v) is 7.45. The lowest BCUT2D eigenvalue weighted by atomic mass is 9.96. The van der Waals surface area contributed by atoms with Crippen LogP contribution in [0.1, 0.15) is 41.6 Å². The Balaban J connectivity index is 1.76. The van der Waals surface area contributed by atoms with Crippen LogP contribution in [0.3, 0.4) is 0 Å². The first-order chi connectivity index (χ1) is 10.3. The van der Waals surface area contributed by atoms with Crippen molar-refractivity contribution >= 4 is 0 Å². The van der Waals surface area contributed by atoms with Crippen LogP contribution in [-0.2, 0) is 18.0 Å². The molecule has 1 aliphatic rings. The fraction of sp³-hybridized carbons (Fsp3) is 0.333. The summed E-state index contributed by atoms with van der Waals surface area (Å²) in [6.45, 7) is 4.26. The number of rotatable bonds is 5. The van der Waals surface area contributed by atoms with E-state index in [1.807, 2.05) is 24.3 Å². The summed E-state index contributed by atoms with van der Waals surface area (Å²) in [4.78, 5) is 0. The second kappa shape index (κ2) is 6.29. The minimum atomic E-state index is -0.115. The van der Waals surface area contributed by atoms with Gasteiger partial charge in [0.05, 0.1) is 25.9 Å². The SMILES string of the molecule is CCCOc1ccc(C(N)c2ccc3c(c2)COC3)cc1. The van der Waals surface area contributed by atoms with E-state index in [1.165, 1.54) is 11.1 Å². The molecule has 3 nitrogen and oxygen atoms in total. The van der Waals surface area contributed by atoms with Crippen molar-refractivity contribution in [2.24, 2.45) is 5.73 Å². The number of benzene rings is 2. The van der Waals surface area contributed by atoms with Crippen LogP contribution in [0, 0.1) is 0 Å². The summed E-state index contributed by atoms with van der Waals surface area (Å²) >= 11 is 0. The maximum Gasteiger partial charge on any atom is 0.119 e. The molecule has 110 valence electrons. The van der Waals surface area contributed by atoms with Crippen molar-refractivity contribution in [1.29, 1.82) is 0 Å². The van der Waals surface area contributed by atoms with Crippen LogP contribution in [-0.4, -0.2) is 6.61 Å². The molecule has 21 heavy (non-hydrogen) atoms. The highest BCUT2D eigenvalue weighted by Crippen LogP contribution is 2.27. The van der Waals surface area contributed by atoms with E-state index in [-0.39, 0.29) is 6.04 Å². The average Bonchev–Trinajstić information content (AvgIpc) is 3.00. The molecule has 2 N–H and O–H groups in total. The molecule has 1 atom stereocenters. The van der Waals surface area contributed by atoms with Crippen LogP contribution >= 0.6 is 0 Å². The Bertz CT molecular complexity index is 607. The summed E-state index contributed by atoms with van der Waals surface area (Å²) < 4.78 is 11.1. The molecular formula is C18H21NO2. The normalized spacial score (nSPS) is 14.8. The molecule has 3 rings (SSSR count). The van der Waals surface area contributed by atoms with Gasteiger partial charge < -0.3 is 15.2 Å². The standard InChI is InChI=1S/C18H21NO2/c1-2-9-21-17-7-5-13(6-8-17)18(19)14-3-4-15-11-20-12-16(15)10-14/h3-8,10,18H,2,9,11-12,19H2,1H3. The van der Waals surface area contributed by atoms with Gasteiger partial charge in [0.2, 0.25) is 0 Å². The predicted octanol–water partition coefficient (Wildman–Crippen LogP) is 3.55. The van der Waals surface area contributed by atoms with E-state index in [0.717, 1.165) is 29.9 Å². The van der Waals surface area contributed by atoms with Crippen LogP contribution in [0.25, 0.3) is 0 Å². The van der Waals surface area contributed by atoms with Gasteiger partial charge in [-0.3, -0.25) is 0 Å². The Labute approximate surface area is 125 Å². The van der Waals surface area contributed by atoms with Crippen molar-refractivity contribution in [2.75, 3.05) is 6.61 Å². The van der Waals surface area contributed by atoms with E-state index in [0.29, 0.717) is 13.2 Å². The van der Waals surface area contributed by atoms with Crippen molar-refractivity contribution in [3.8, 4) is 5.75 Å². The van der Waals surface area contributed by atoms with Crippen molar-refractivity contribution in [3.05, 3.63) is 64.7 Å². The van der Waals surface area contributed by atoms with Crippen molar-refractivity contribution in [2.45, 2.75) is 32.6 Å². The number of hydrogen-bond acceptors (Lipinski definition) is 3. The highest BCUT2D eigenvalue weighted by Gasteiger charge is 2.15. The van der Waals surface area contributed by atoms with E-state index in [9.17, 15) is 0 Å². The molecule has 1 unspecified atom stereocenters. The van der Waals surface area contributed by atoms with Gasteiger partial charge in [-0.25, -0.2) is 0 Å². The first kappa shape index (κ1) is 14.1. The van der Waals surface area contributed by atoms with Gasteiger partial charge in [-0.1, -0.05) is 37.3 Å². The van der Waals surface area contributed by atoms with Crippen molar-refractivity contribution in [3.63, 3.8) is 0 Å². The lowest BCUT2D eigenvalue weighted by Gasteiger charge is -2.14. The first-order valence-electron chi connectivity index (χ1n) is 7.45. The molecule has 1 aliphatic heterocycles. The Hall–Kier alpha value is -1.84. The quantitative estimate of drug-likeness (QED) is 0.912. The van der Waals surface area contributed by atoms with Gasteiger partial charge in [0.25, 0.3) is 0 Å². The average molecular weight is 283 g/mol. The van der Waals surface area contributed by atoms with Gasteiger partial charge in [-0.2, -0.15) is 0 Å². The predicted molar refractivity (Wildman–Crippen MR) is 83.2 cm³/mol. The maximum absolute atomic E-state index is 6.38. The number of fused-ring (bicyclic) bond motifs is 1. The third-order valence-corrected chi connectivity index (χ3v) is 3.82. The van der Waals surface area contributed by atoms with E-state index >= 15 is 0 Å². The summed E-state index contributed by atoms with van der Waals surface area (Å²) in [6, 6.07) is 14.3. The Morgan fingerprint density at radius 3 is 2.52 bits per heavy atom. The van der Waals surface area contributed by atoms with Crippen LogP contribution in [0.5, 0.6) is 5.75 Å². The molecule has 3 heteroatoms. The van der Waals surface area contributed by atoms with Gasteiger partial charge in [0.15, 0.2) is 0 Å². The molecule has 1 heterocycles. The molecule has 0 aliphatic carbocycles. The number of hydrogen-bond donors (Lipinski definition) is 1. The zero-order chi connectivity index (χ0) is 14.7. The molecule has 0 amide bonds. The molecule has 0 bridgehead atoms. The Morgan fingerprint density at radius 2 is 1.76 bits per heavy atom. The maximum atomic E-state index is 6.38. The van der Waals surface area contributed by atoms with Gasteiger partial charge in [-0.05, 0) is 40.8 Å². The van der Waals surface area contributed by atoms with E-state index in [2.05, 4.69) is 25.1 Å². The molecule has 0 spiro atoms. The van der Waals surface area contributed by atoms with E-state index < -0.39 is 0 Å². The summed E-state index contributed by atoms with van der Waals surface area (Å²) in [5.74, 6) is 0.898. The summed E-state index contributed by atoms with van der Waals surface area (Å²) in [5, 5.41) is 0. The lowest BCUT2D eigenvalue weighted by Crippen LogP contribution is -2.12. The van der Waals surface area contributed by atoms with Gasteiger partial charge >= 0.3 is 0 Å². The summed E-state index contributed by atoms with van der Waals surface area (Å²) in [7, 11) is 0. The molecule has 0 saturated heterocycles. The summed E-state index contributed by atoms with van der Waals surface area (Å²) in [6.07, 6.45) is 1.01. The minimum absolute atomic E-state index is 0.115. The highest BCUT2D eigenvalue weighted by molar-refractivity contribution is 5.39. The van der Waals surface area contributed by atoms with Gasteiger partial charge in [0, 0.05) is 0 Å². The number of nitrogens with two attached hydrogens (primary N) is 1. The third kappa shape index (κ3) is 3.09. The second-order valence-electron chi connectivity index (χ2n) is 5.42. The van der Waals surface area contributed by atoms with Gasteiger partial charge in [-0.15, -0.1) is 0 Å². The molecule has 0 fully saturated rings. The third-order valence-electron chi connectivity index (χ3n) is 3.82. The van der Waals surface area contributed by atoms with Crippen LogP contribution in [0.4, 0.5) is 0 Å². The van der Waals surface area contributed by atoms with E-state index in [1.54, 1.807) is 0 Å². The molecular weight excluding hydrogens is 262 g/mol. The van der Waals surface area contributed by atoms with Crippen molar-refractivity contribution in [1.82, 2.24) is 0 Å². The second-order valence-corrected chi connectivity index (χ2v) is 5.42. The van der Waals surface area contributed by atoms with Crippen LogP contribution in [0.15, 0.2) is 42.5 Å². The topological polar surface area (TPSA) is 44.5 Å². The van der Waals surface area contributed by atoms with Crippen LogP contribution < -0.4 is 10.5 Å². The smallest absolute Gasteiger partial charge is 0.119 e. The molecule has 0 radical (unpaired) electrons. The molecule has 0 aromatic heterocycles. The Morgan fingerprint density at radius 1 is 1.05 bits per heavy atom. The molecule has 0 saturated carbocycles. The zero-order valence-corrected chi connectivity index (χ0v) is 12.3. The van der Waals surface area contributed by atoms with Crippen molar-refractivity contribution < 1.29 is 9.47 Å². The minimum Gasteiger partial charge on any atom is -0.494 e. The zero-order valence-electron chi connectivity index (χ0n) is 12.3. The van der Waals surface area contributed by atoms with Gasteiger partial charge in [0.1, 0.15) is 5.75 Å². The molecule has 2 aromatic rings. The fourth-order valence-corrected chi connectivity index (χ4v) is 2.57. The van der Waals surface area contributed by atoms with E-state index in [4.69, 9.17) is 15.2 Å². The fourth-order valence-electron chi connectivity index (χ4n) is 2.57. The lowest BCUT2D eigenvalue weighted by molar-refractivity contribution is 0.134. The Kier molecular flexibility index (Phi) is 4.23. The van der Waals surface area contributed by atoms with Crippen LogP contribution in [0.2, 0.25) is 0 Å². The summed E-state index contributed by atoms with van der Waals surface area (Å²) in [5.41, 5.74) is 11.1. The number of ether oxygens (including phenoxy) is 2. The molecule has 2 aromatic carbocycles.